The van der Waals surface area contributed by atoms with E-state index in [9.17, 15) is 25.5 Å². The molecule has 740 valence electrons. The zero-order valence-electron chi connectivity index (χ0n) is 81.0. The first kappa shape index (κ1) is 115. The number of hydrogen-bond donors (Lipinski definition) is 10. The monoisotopic (exact) mass is 1960 g/mol. The van der Waals surface area contributed by atoms with Gasteiger partial charge in [-0.1, -0.05) is 225 Å². The van der Waals surface area contributed by atoms with Crippen molar-refractivity contribution in [3.8, 4) is 57.5 Å². The van der Waals surface area contributed by atoms with E-state index in [-0.39, 0.29) is 120 Å². The predicted octanol–water partition coefficient (Wildman–Crippen LogP) is 20.7. The van der Waals surface area contributed by atoms with Gasteiger partial charge in [-0.3, -0.25) is 0 Å². The minimum Gasteiger partial charge on any atom is -0.492 e. The minimum atomic E-state index is -0.867. The van der Waals surface area contributed by atoms with Crippen molar-refractivity contribution in [2.45, 2.75) is 220 Å². The normalized spacial score (nSPS) is 13.9. The Hall–Kier alpha value is -8.75. The van der Waals surface area contributed by atoms with Gasteiger partial charge in [0.1, 0.15) is 154 Å². The van der Waals surface area contributed by atoms with Gasteiger partial charge in [0.25, 0.3) is 0 Å². The number of aliphatic hydroxyl groups is 10. The van der Waals surface area contributed by atoms with Gasteiger partial charge in [-0.2, -0.15) is 0 Å². The third-order valence-electron chi connectivity index (χ3n) is 23.4. The smallest absolute Gasteiger partial charge is 0.119 e. The first-order valence-corrected chi connectivity index (χ1v) is 48.5. The molecular formula is C110H145Cl5O20. The highest BCUT2D eigenvalue weighted by Crippen LogP contribution is 2.40. The van der Waals surface area contributed by atoms with Crippen LogP contribution < -0.4 is 47.4 Å². The van der Waals surface area contributed by atoms with Crippen molar-refractivity contribution in [3.63, 3.8) is 0 Å². The fraction of sp³-hybridized carbons (Fsp3) is 0.455. The fourth-order valence-electron chi connectivity index (χ4n) is 13.3. The van der Waals surface area contributed by atoms with E-state index in [0.717, 1.165) is 88.7 Å². The number of alkyl halides is 5. The van der Waals surface area contributed by atoms with Crippen LogP contribution in [0.25, 0.3) is 0 Å². The summed E-state index contributed by atoms with van der Waals surface area (Å²) >= 11 is 30.5. The quantitative estimate of drug-likeness (QED) is 0.0159. The lowest BCUT2D eigenvalue weighted by Crippen LogP contribution is -2.21. The van der Waals surface area contributed by atoms with Crippen molar-refractivity contribution in [3.05, 3.63) is 298 Å². The van der Waals surface area contributed by atoms with E-state index in [4.69, 9.17) is 131 Å². The molecular weight excluding hydrogens is 1820 g/mol. The van der Waals surface area contributed by atoms with Crippen LogP contribution >= 0.6 is 58.0 Å². The molecule has 0 aliphatic carbocycles. The van der Waals surface area contributed by atoms with Crippen LogP contribution in [-0.4, -0.2) is 208 Å². The average molecular weight is 1960 g/mol. The largest absolute Gasteiger partial charge is 0.492 e. The molecule has 2 unspecified atom stereocenters. The molecule has 10 aromatic rings. The van der Waals surface area contributed by atoms with E-state index >= 15 is 0 Å². The molecule has 10 N–H and O–H groups in total. The molecule has 0 aromatic heterocycles. The molecule has 0 heterocycles. The van der Waals surface area contributed by atoms with Crippen molar-refractivity contribution in [2.75, 3.05) is 99.1 Å². The van der Waals surface area contributed by atoms with E-state index in [1.807, 2.05) is 217 Å². The van der Waals surface area contributed by atoms with Gasteiger partial charge in [0.15, 0.2) is 0 Å². The lowest BCUT2D eigenvalue weighted by Gasteiger charge is -2.26. The number of hydrogen-bond acceptors (Lipinski definition) is 20. The Balaban J connectivity index is 0.000000259. The summed E-state index contributed by atoms with van der Waals surface area (Å²) in [5, 5.41) is 91.1. The molecule has 0 amide bonds. The van der Waals surface area contributed by atoms with Gasteiger partial charge in [-0.05, 0) is 209 Å². The van der Waals surface area contributed by atoms with Crippen LogP contribution in [-0.2, 0) is 27.1 Å². The Kier molecular flexibility index (Phi) is 50.1. The molecule has 0 radical (unpaired) electrons. The van der Waals surface area contributed by atoms with Crippen molar-refractivity contribution in [2.24, 2.45) is 0 Å². The van der Waals surface area contributed by atoms with Crippen LogP contribution in [0.1, 0.15) is 192 Å². The van der Waals surface area contributed by atoms with Crippen LogP contribution in [0.2, 0.25) is 0 Å². The van der Waals surface area contributed by atoms with Crippen LogP contribution in [0.15, 0.2) is 243 Å². The standard InChI is InChI=1S/5C22H29ClO4/c5*1-4-18(23)14-26-20-9-5-16(6-10-20)22(2,3)17-7-11-21(12-8-17)27-15-19(25)13-24/h5*5-12,18-19,24-25H,4,13-15H2,1-3H3/t2*18-,19+;2*18-,19-;/m1010./s1. The van der Waals surface area contributed by atoms with Gasteiger partial charge in [0.2, 0.25) is 0 Å². The van der Waals surface area contributed by atoms with Gasteiger partial charge in [-0.25, -0.2) is 0 Å². The first-order valence-electron chi connectivity index (χ1n) is 46.3. The maximum absolute atomic E-state index is 9.36. The zero-order valence-corrected chi connectivity index (χ0v) is 84.7. The molecule has 20 nitrogen and oxygen atoms in total. The second-order valence-corrected chi connectivity index (χ2v) is 38.8. The van der Waals surface area contributed by atoms with Crippen LogP contribution in [0, 0.1) is 0 Å². The second kappa shape index (κ2) is 58.9. The van der Waals surface area contributed by atoms with E-state index in [1.54, 1.807) is 0 Å². The molecule has 0 aliphatic rings. The van der Waals surface area contributed by atoms with Crippen molar-refractivity contribution >= 4 is 58.0 Å². The molecule has 0 saturated carbocycles. The Bertz CT molecular complexity index is 3830. The Morgan fingerprint density at radius 1 is 0.178 bits per heavy atom. The van der Waals surface area contributed by atoms with Crippen molar-refractivity contribution in [1.29, 1.82) is 0 Å². The van der Waals surface area contributed by atoms with Crippen LogP contribution in [0.5, 0.6) is 57.5 Å². The summed E-state index contributed by atoms with van der Waals surface area (Å²) in [6.45, 7) is 33.2. The van der Waals surface area contributed by atoms with E-state index in [0.29, 0.717) is 61.8 Å². The molecule has 25 heteroatoms. The first-order chi connectivity index (χ1) is 64.3. The number of rotatable bonds is 50. The van der Waals surface area contributed by atoms with Gasteiger partial charge >= 0.3 is 0 Å². The average Bonchev–Trinajstić information content (AvgIpc) is 0.822. The summed E-state index contributed by atoms with van der Waals surface area (Å²) in [7, 11) is 0. The van der Waals surface area contributed by atoms with E-state index < -0.39 is 30.5 Å². The van der Waals surface area contributed by atoms with Gasteiger partial charge < -0.3 is 98.4 Å². The molecule has 10 rings (SSSR count). The summed E-state index contributed by atoms with van der Waals surface area (Å²) in [5.41, 5.74) is 10.7. The maximum Gasteiger partial charge on any atom is 0.119 e. The number of aliphatic hydroxyl groups excluding tert-OH is 10. The maximum atomic E-state index is 9.36. The van der Waals surface area contributed by atoms with Gasteiger partial charge in [0.05, 0.1) is 59.9 Å². The molecule has 0 spiro atoms. The summed E-state index contributed by atoms with van der Waals surface area (Å²) < 4.78 is 55.9. The lowest BCUT2D eigenvalue weighted by atomic mass is 9.78. The van der Waals surface area contributed by atoms with Crippen molar-refractivity contribution in [1.82, 2.24) is 0 Å². The number of benzene rings is 10. The second-order valence-electron chi connectivity index (χ2n) is 35.7. The molecule has 0 fully saturated rings. The highest BCUT2D eigenvalue weighted by molar-refractivity contribution is 6.21. The summed E-state index contributed by atoms with van der Waals surface area (Å²) in [5.74, 6) is 7.42. The van der Waals surface area contributed by atoms with Crippen LogP contribution in [0.3, 0.4) is 0 Å². The van der Waals surface area contributed by atoms with E-state index in [2.05, 4.69) is 130 Å². The summed E-state index contributed by atoms with van der Waals surface area (Å²) in [6.07, 6.45) is 0.0647. The predicted molar refractivity (Wildman–Crippen MR) is 545 cm³/mol. The highest BCUT2D eigenvalue weighted by atomic mass is 35.5. The molecule has 10 atom stereocenters. The molecule has 0 saturated heterocycles. The Morgan fingerprint density at radius 3 is 0.348 bits per heavy atom. The SMILES string of the molecule is CCC(Cl)COc1ccc(C(C)(C)c2ccc(OCC(O)CO)cc2)cc1.CC[C@@H](Cl)COc1ccc(C(C)(C)c2ccc(OC[C@@H](O)CO)cc2)cc1.CC[C@@H](Cl)COc1ccc(C(C)(C)c2ccc(OC[C@H](O)CO)cc2)cc1.CC[C@H](Cl)COc1ccc(C(C)(C)c2ccc(OC[C@@H](O)CO)cc2)cc1.CC[C@H](Cl)COc1ccc(C(C)(C)c2ccc(OC[C@H](O)CO)cc2)cc1. The van der Waals surface area contributed by atoms with E-state index in [1.165, 1.54) is 27.8 Å². The van der Waals surface area contributed by atoms with Gasteiger partial charge in [-0.15, -0.1) is 58.0 Å². The van der Waals surface area contributed by atoms with Crippen molar-refractivity contribution < 1.29 is 98.4 Å². The molecule has 135 heavy (non-hydrogen) atoms. The third-order valence-corrected chi connectivity index (χ3v) is 25.6. The fourth-order valence-corrected chi connectivity index (χ4v) is 13.6. The highest BCUT2D eigenvalue weighted by Gasteiger charge is 2.29. The molecule has 0 aliphatic heterocycles. The Labute approximate surface area is 826 Å². The van der Waals surface area contributed by atoms with Crippen LogP contribution in [0.4, 0.5) is 0 Å². The number of halogens is 5. The topological polar surface area (TPSA) is 295 Å². The lowest BCUT2D eigenvalue weighted by molar-refractivity contribution is 0.0536. The third kappa shape index (κ3) is 38.9. The molecule has 10 aromatic carbocycles. The van der Waals surface area contributed by atoms with Gasteiger partial charge in [0, 0.05) is 27.1 Å². The molecule has 0 bridgehead atoms. The summed E-state index contributed by atoms with van der Waals surface area (Å²) in [6, 6.07) is 79.5. The Morgan fingerprint density at radius 2 is 0.267 bits per heavy atom. The zero-order chi connectivity index (χ0) is 99.3. The minimum absolute atomic E-state index is 0.0281. The summed E-state index contributed by atoms with van der Waals surface area (Å²) in [4.78, 5) is 0. The number of ether oxygens (including phenoxy) is 10.